The maximum absolute atomic E-state index is 11.9. The number of rotatable bonds is 7. The van der Waals surface area contributed by atoms with Crippen molar-refractivity contribution in [2.45, 2.75) is 26.0 Å². The minimum atomic E-state index is -0.0320. The van der Waals surface area contributed by atoms with Crippen LogP contribution in [-0.2, 0) is 29.1 Å². The van der Waals surface area contributed by atoms with Crippen LogP contribution < -0.4 is 5.32 Å². The third kappa shape index (κ3) is 4.60. The zero-order chi connectivity index (χ0) is 15.8. The van der Waals surface area contributed by atoms with Crippen molar-refractivity contribution in [1.82, 2.24) is 5.32 Å². The van der Waals surface area contributed by atoms with Crippen LogP contribution in [0.1, 0.15) is 23.1 Å². The van der Waals surface area contributed by atoms with Gasteiger partial charge in [0.25, 0.3) is 0 Å². The Morgan fingerprint density at radius 3 is 2.36 bits per heavy atom. The molecular weight excluding hydrogens is 278 g/mol. The third-order valence-corrected chi connectivity index (χ3v) is 3.51. The smallest absolute Gasteiger partial charge is 0.220 e. The predicted molar refractivity (Wildman–Crippen MR) is 85.4 cm³/mol. The van der Waals surface area contributed by atoms with Crippen LogP contribution in [0.15, 0.2) is 48.5 Å². The van der Waals surface area contributed by atoms with Gasteiger partial charge in [-0.05, 0) is 29.2 Å². The fraction of sp³-hybridized carbons (Fsp3) is 0.278. The SMILES string of the molecule is COCc1ccccc1CNC(=O)CCc1ccccc1O. The van der Waals surface area contributed by atoms with E-state index in [1.807, 2.05) is 36.4 Å². The van der Waals surface area contributed by atoms with Crippen molar-refractivity contribution in [3.05, 3.63) is 65.2 Å². The molecule has 4 heteroatoms. The highest BCUT2D eigenvalue weighted by Gasteiger charge is 2.07. The molecule has 0 aliphatic heterocycles. The molecule has 2 aromatic rings. The van der Waals surface area contributed by atoms with Crippen molar-refractivity contribution in [1.29, 1.82) is 0 Å². The van der Waals surface area contributed by atoms with Crippen LogP contribution in [0.25, 0.3) is 0 Å². The molecule has 0 bridgehead atoms. The number of ether oxygens (including phenoxy) is 1. The summed E-state index contributed by atoms with van der Waals surface area (Å²) in [6.45, 7) is 1.02. The molecule has 0 atom stereocenters. The summed E-state index contributed by atoms with van der Waals surface area (Å²) < 4.78 is 5.15. The molecule has 0 fully saturated rings. The molecule has 0 aromatic heterocycles. The maximum atomic E-state index is 11.9. The second kappa shape index (κ2) is 8.20. The standard InChI is InChI=1S/C18H21NO3/c1-22-13-16-8-3-2-7-15(16)12-19-18(21)11-10-14-6-4-5-9-17(14)20/h2-9,20H,10-13H2,1H3,(H,19,21). The number of aryl methyl sites for hydroxylation is 1. The minimum Gasteiger partial charge on any atom is -0.508 e. The van der Waals surface area contributed by atoms with Crippen molar-refractivity contribution < 1.29 is 14.6 Å². The molecule has 0 aliphatic carbocycles. The van der Waals surface area contributed by atoms with Gasteiger partial charge in [-0.15, -0.1) is 0 Å². The maximum Gasteiger partial charge on any atom is 0.220 e. The van der Waals surface area contributed by atoms with E-state index in [2.05, 4.69) is 5.32 Å². The predicted octanol–water partition coefficient (Wildman–Crippen LogP) is 2.79. The van der Waals surface area contributed by atoms with Crippen LogP contribution in [0.5, 0.6) is 5.75 Å². The molecule has 116 valence electrons. The van der Waals surface area contributed by atoms with Crippen LogP contribution in [0, 0.1) is 0 Å². The second-order valence-corrected chi connectivity index (χ2v) is 5.11. The lowest BCUT2D eigenvalue weighted by Crippen LogP contribution is -2.23. The topological polar surface area (TPSA) is 58.6 Å². The fourth-order valence-electron chi connectivity index (χ4n) is 2.28. The van der Waals surface area contributed by atoms with E-state index in [0.29, 0.717) is 26.0 Å². The summed E-state index contributed by atoms with van der Waals surface area (Å²) >= 11 is 0. The quantitative estimate of drug-likeness (QED) is 0.826. The molecule has 0 spiro atoms. The molecule has 0 unspecified atom stereocenters. The van der Waals surface area contributed by atoms with Crippen LogP contribution in [-0.4, -0.2) is 18.1 Å². The van der Waals surface area contributed by atoms with E-state index in [4.69, 9.17) is 4.74 Å². The van der Waals surface area contributed by atoms with E-state index < -0.39 is 0 Å². The number of carbonyl (C=O) groups is 1. The van der Waals surface area contributed by atoms with E-state index >= 15 is 0 Å². The highest BCUT2D eigenvalue weighted by atomic mass is 16.5. The zero-order valence-electron chi connectivity index (χ0n) is 12.7. The van der Waals surface area contributed by atoms with Gasteiger partial charge in [-0.25, -0.2) is 0 Å². The summed E-state index contributed by atoms with van der Waals surface area (Å²) in [5.41, 5.74) is 2.92. The van der Waals surface area contributed by atoms with Crippen LogP contribution >= 0.6 is 0 Å². The number of amides is 1. The summed E-state index contributed by atoms with van der Waals surface area (Å²) in [6, 6.07) is 15.0. The third-order valence-electron chi connectivity index (χ3n) is 3.51. The number of carbonyl (C=O) groups excluding carboxylic acids is 1. The summed E-state index contributed by atoms with van der Waals surface area (Å²) in [5.74, 6) is 0.205. The molecule has 0 heterocycles. The van der Waals surface area contributed by atoms with Crippen molar-refractivity contribution in [2.75, 3.05) is 7.11 Å². The molecule has 1 amide bonds. The number of methoxy groups -OCH3 is 1. The normalized spacial score (nSPS) is 10.4. The number of nitrogens with one attached hydrogen (secondary N) is 1. The van der Waals surface area contributed by atoms with Crippen molar-refractivity contribution in [3.8, 4) is 5.75 Å². The van der Waals surface area contributed by atoms with Crippen molar-refractivity contribution in [3.63, 3.8) is 0 Å². The van der Waals surface area contributed by atoms with Gasteiger partial charge in [-0.2, -0.15) is 0 Å². The first-order valence-corrected chi connectivity index (χ1v) is 7.30. The Morgan fingerprint density at radius 1 is 1.05 bits per heavy atom. The average Bonchev–Trinajstić information content (AvgIpc) is 2.53. The van der Waals surface area contributed by atoms with Gasteiger partial charge in [0, 0.05) is 20.1 Å². The Balaban J connectivity index is 1.84. The van der Waals surface area contributed by atoms with Gasteiger partial charge in [-0.1, -0.05) is 42.5 Å². The largest absolute Gasteiger partial charge is 0.508 e. The molecule has 0 radical (unpaired) electrons. The number of hydrogen-bond donors (Lipinski definition) is 2. The van der Waals surface area contributed by atoms with Gasteiger partial charge >= 0.3 is 0 Å². The summed E-state index contributed by atoms with van der Waals surface area (Å²) in [5, 5.41) is 12.6. The van der Waals surface area contributed by atoms with Gasteiger partial charge in [0.1, 0.15) is 5.75 Å². The van der Waals surface area contributed by atoms with Gasteiger partial charge in [0.2, 0.25) is 5.91 Å². The summed E-state index contributed by atoms with van der Waals surface area (Å²) in [4.78, 5) is 11.9. The van der Waals surface area contributed by atoms with Crippen molar-refractivity contribution in [2.24, 2.45) is 0 Å². The minimum absolute atomic E-state index is 0.0320. The molecule has 0 saturated heterocycles. The van der Waals surface area contributed by atoms with Crippen LogP contribution in [0.4, 0.5) is 0 Å². The first-order chi connectivity index (χ1) is 10.7. The van der Waals surface area contributed by atoms with E-state index in [1.165, 1.54) is 0 Å². The lowest BCUT2D eigenvalue weighted by molar-refractivity contribution is -0.121. The molecule has 2 N–H and O–H groups in total. The Bertz CT molecular complexity index is 625. The van der Waals surface area contributed by atoms with Gasteiger partial charge in [-0.3, -0.25) is 4.79 Å². The van der Waals surface area contributed by atoms with Gasteiger partial charge in [0.05, 0.1) is 6.61 Å². The summed E-state index contributed by atoms with van der Waals surface area (Å²) in [7, 11) is 1.65. The van der Waals surface area contributed by atoms with Gasteiger partial charge in [0.15, 0.2) is 0 Å². The van der Waals surface area contributed by atoms with Crippen LogP contribution in [0.2, 0.25) is 0 Å². The Kier molecular flexibility index (Phi) is 5.98. The number of para-hydroxylation sites is 1. The van der Waals surface area contributed by atoms with E-state index in [1.54, 1.807) is 19.2 Å². The van der Waals surface area contributed by atoms with Crippen LogP contribution in [0.3, 0.4) is 0 Å². The second-order valence-electron chi connectivity index (χ2n) is 5.11. The fourth-order valence-corrected chi connectivity index (χ4v) is 2.28. The van der Waals surface area contributed by atoms with Crippen molar-refractivity contribution >= 4 is 5.91 Å². The zero-order valence-corrected chi connectivity index (χ0v) is 12.7. The Labute approximate surface area is 130 Å². The highest BCUT2D eigenvalue weighted by Crippen LogP contribution is 2.17. The lowest BCUT2D eigenvalue weighted by atomic mass is 10.1. The Morgan fingerprint density at radius 2 is 1.68 bits per heavy atom. The molecule has 2 rings (SSSR count). The monoisotopic (exact) mass is 299 g/mol. The molecule has 0 saturated carbocycles. The number of benzene rings is 2. The first kappa shape index (κ1) is 16.0. The first-order valence-electron chi connectivity index (χ1n) is 7.30. The Hall–Kier alpha value is -2.33. The molecule has 2 aromatic carbocycles. The van der Waals surface area contributed by atoms with E-state index in [-0.39, 0.29) is 11.7 Å². The molecule has 22 heavy (non-hydrogen) atoms. The average molecular weight is 299 g/mol. The number of hydrogen-bond acceptors (Lipinski definition) is 3. The number of phenolic OH excluding ortho intramolecular Hbond substituents is 1. The summed E-state index contributed by atoms with van der Waals surface area (Å²) in [6.07, 6.45) is 0.877. The molecule has 0 aliphatic rings. The lowest BCUT2D eigenvalue weighted by Gasteiger charge is -2.10. The molecule has 4 nitrogen and oxygen atoms in total. The van der Waals surface area contributed by atoms with Gasteiger partial charge < -0.3 is 15.2 Å². The highest BCUT2D eigenvalue weighted by molar-refractivity contribution is 5.76. The number of phenols is 1. The molecular formula is C18H21NO3. The van der Waals surface area contributed by atoms with E-state index in [9.17, 15) is 9.90 Å². The number of aromatic hydroxyl groups is 1. The van der Waals surface area contributed by atoms with E-state index in [0.717, 1.165) is 16.7 Å².